The minimum Gasteiger partial charge on any atom is -0.337 e. The summed E-state index contributed by atoms with van der Waals surface area (Å²) in [7, 11) is -3.01. The maximum atomic E-state index is 12.2. The molecule has 1 heterocycles. The van der Waals surface area contributed by atoms with Crippen LogP contribution < -0.4 is 5.73 Å². The van der Waals surface area contributed by atoms with Crippen LogP contribution in [0.25, 0.3) is 0 Å². The zero-order valence-electron chi connectivity index (χ0n) is 10.8. The van der Waals surface area contributed by atoms with Crippen molar-refractivity contribution in [2.24, 2.45) is 11.7 Å². The molecule has 0 aromatic heterocycles. The van der Waals surface area contributed by atoms with Gasteiger partial charge in [0.15, 0.2) is 9.84 Å². The second-order valence-corrected chi connectivity index (χ2v) is 7.77. The highest BCUT2D eigenvalue weighted by Gasteiger charge is 2.44. The number of amides is 1. The van der Waals surface area contributed by atoms with Gasteiger partial charge in [-0.25, -0.2) is 8.42 Å². The lowest BCUT2D eigenvalue weighted by molar-refractivity contribution is -0.137. The van der Waals surface area contributed by atoms with E-state index in [-0.39, 0.29) is 28.9 Å². The molecule has 5 nitrogen and oxygen atoms in total. The van der Waals surface area contributed by atoms with Crippen molar-refractivity contribution in [3.63, 3.8) is 0 Å². The molecule has 1 amide bonds. The van der Waals surface area contributed by atoms with Gasteiger partial charge in [-0.15, -0.1) is 0 Å². The first kappa shape index (κ1) is 13.8. The van der Waals surface area contributed by atoms with Crippen molar-refractivity contribution in [3.05, 3.63) is 0 Å². The van der Waals surface area contributed by atoms with E-state index < -0.39 is 9.84 Å². The lowest BCUT2D eigenvalue weighted by Crippen LogP contribution is -2.59. The monoisotopic (exact) mass is 274 g/mol. The molecule has 1 saturated carbocycles. The molecule has 18 heavy (non-hydrogen) atoms. The molecule has 1 aliphatic carbocycles. The summed E-state index contributed by atoms with van der Waals surface area (Å²) in [6.45, 7) is 2.47. The minimum atomic E-state index is -3.01. The van der Waals surface area contributed by atoms with Crippen LogP contribution in [0.3, 0.4) is 0 Å². The van der Waals surface area contributed by atoms with Crippen LogP contribution in [0.5, 0.6) is 0 Å². The van der Waals surface area contributed by atoms with Crippen LogP contribution in [-0.4, -0.2) is 49.4 Å². The highest BCUT2D eigenvalue weighted by Crippen LogP contribution is 2.32. The molecule has 0 spiro atoms. The second kappa shape index (κ2) is 5.17. The Hall–Kier alpha value is -0.620. The first-order valence-corrected chi connectivity index (χ1v) is 8.41. The molecule has 0 bridgehead atoms. The van der Waals surface area contributed by atoms with E-state index in [9.17, 15) is 13.2 Å². The fourth-order valence-electron chi connectivity index (χ4n) is 3.05. The predicted octanol–water partition coefficient (Wildman–Crippen LogP) is 0.149. The van der Waals surface area contributed by atoms with Gasteiger partial charge in [0.25, 0.3) is 0 Å². The largest absolute Gasteiger partial charge is 0.337 e. The van der Waals surface area contributed by atoms with E-state index in [1.165, 1.54) is 0 Å². The fraction of sp³-hybridized carbons (Fsp3) is 0.917. The number of sulfone groups is 1. The smallest absolute Gasteiger partial charge is 0.226 e. The molecule has 3 atom stereocenters. The molecular formula is C12H22N2O3S. The van der Waals surface area contributed by atoms with Gasteiger partial charge in [-0.05, 0) is 12.8 Å². The van der Waals surface area contributed by atoms with Gasteiger partial charge in [-0.1, -0.05) is 19.8 Å². The summed E-state index contributed by atoms with van der Waals surface area (Å²) in [5, 5.41) is -0.339. The normalized spacial score (nSPS) is 32.7. The Morgan fingerprint density at radius 1 is 1.39 bits per heavy atom. The van der Waals surface area contributed by atoms with Gasteiger partial charge in [0.05, 0.1) is 11.0 Å². The highest BCUT2D eigenvalue weighted by atomic mass is 32.2. The van der Waals surface area contributed by atoms with Crippen molar-refractivity contribution in [3.8, 4) is 0 Å². The van der Waals surface area contributed by atoms with Crippen molar-refractivity contribution >= 4 is 15.7 Å². The highest BCUT2D eigenvalue weighted by molar-refractivity contribution is 7.92. The number of fused-ring (bicyclic) bond motifs is 1. The Balaban J connectivity index is 2.21. The fourth-order valence-corrected chi connectivity index (χ4v) is 5.09. The summed E-state index contributed by atoms with van der Waals surface area (Å²) in [6.07, 6.45) is 3.48. The number of nitrogens with zero attached hydrogens (tertiary/aromatic N) is 1. The van der Waals surface area contributed by atoms with Crippen molar-refractivity contribution in [2.75, 3.05) is 18.8 Å². The quantitative estimate of drug-likeness (QED) is 0.777. The first-order valence-electron chi connectivity index (χ1n) is 6.69. The van der Waals surface area contributed by atoms with Crippen molar-refractivity contribution in [1.29, 1.82) is 0 Å². The molecule has 1 saturated heterocycles. The van der Waals surface area contributed by atoms with Gasteiger partial charge in [-0.2, -0.15) is 0 Å². The summed E-state index contributed by atoms with van der Waals surface area (Å²) < 4.78 is 24.1. The maximum Gasteiger partial charge on any atom is 0.226 e. The molecule has 6 heteroatoms. The van der Waals surface area contributed by atoms with Gasteiger partial charge in [-0.3, -0.25) is 4.79 Å². The number of hydrogen-bond donors (Lipinski definition) is 1. The summed E-state index contributed by atoms with van der Waals surface area (Å²) in [6, 6.07) is -0.112. The molecule has 2 N–H and O–H groups in total. The number of rotatable bonds is 2. The van der Waals surface area contributed by atoms with E-state index >= 15 is 0 Å². The van der Waals surface area contributed by atoms with E-state index in [0.717, 1.165) is 19.3 Å². The van der Waals surface area contributed by atoms with Crippen LogP contribution in [-0.2, 0) is 14.6 Å². The number of carbonyl (C=O) groups is 1. The third-order valence-electron chi connectivity index (χ3n) is 4.20. The predicted molar refractivity (Wildman–Crippen MR) is 69.8 cm³/mol. The molecule has 1 aliphatic heterocycles. The zero-order valence-corrected chi connectivity index (χ0v) is 11.7. The maximum absolute atomic E-state index is 12.2. The van der Waals surface area contributed by atoms with Gasteiger partial charge in [0, 0.05) is 25.0 Å². The molecule has 0 aromatic carbocycles. The van der Waals surface area contributed by atoms with E-state index in [1.54, 1.807) is 4.90 Å². The lowest BCUT2D eigenvalue weighted by atomic mass is 9.92. The average molecular weight is 274 g/mol. The lowest BCUT2D eigenvalue weighted by Gasteiger charge is -2.44. The van der Waals surface area contributed by atoms with E-state index in [1.807, 2.05) is 6.92 Å². The standard InChI is InChI=1S/C12H22N2O3S/c1-9(8-13)12(15)14-6-7-18(16,17)11-5-3-2-4-10(11)14/h9-11H,2-8,13H2,1H3. The summed E-state index contributed by atoms with van der Waals surface area (Å²) in [4.78, 5) is 14.0. The van der Waals surface area contributed by atoms with Crippen molar-refractivity contribution in [2.45, 2.75) is 43.9 Å². The third kappa shape index (κ3) is 2.40. The van der Waals surface area contributed by atoms with E-state index in [2.05, 4.69) is 0 Å². The molecule has 2 rings (SSSR count). The van der Waals surface area contributed by atoms with Gasteiger partial charge < -0.3 is 10.6 Å². The molecule has 2 fully saturated rings. The van der Waals surface area contributed by atoms with Crippen LogP contribution in [0.1, 0.15) is 32.6 Å². The number of nitrogens with two attached hydrogens (primary N) is 1. The first-order chi connectivity index (χ1) is 8.47. The zero-order chi connectivity index (χ0) is 13.3. The van der Waals surface area contributed by atoms with E-state index in [0.29, 0.717) is 19.5 Å². The van der Waals surface area contributed by atoms with Gasteiger partial charge >= 0.3 is 0 Å². The van der Waals surface area contributed by atoms with Crippen LogP contribution in [0.2, 0.25) is 0 Å². The van der Waals surface area contributed by atoms with Crippen LogP contribution in [0, 0.1) is 5.92 Å². The minimum absolute atomic E-state index is 0.0179. The number of carbonyl (C=O) groups excluding carboxylic acids is 1. The third-order valence-corrected chi connectivity index (χ3v) is 6.43. The van der Waals surface area contributed by atoms with Gasteiger partial charge in [0.1, 0.15) is 0 Å². The summed E-state index contributed by atoms with van der Waals surface area (Å²) in [5.41, 5.74) is 5.54. The van der Waals surface area contributed by atoms with Crippen LogP contribution in [0.4, 0.5) is 0 Å². The summed E-state index contributed by atoms with van der Waals surface area (Å²) in [5.74, 6) is -0.0883. The molecule has 0 aromatic rings. The van der Waals surface area contributed by atoms with Crippen LogP contribution >= 0.6 is 0 Å². The van der Waals surface area contributed by atoms with Crippen molar-refractivity contribution in [1.82, 2.24) is 4.90 Å². The topological polar surface area (TPSA) is 80.5 Å². The molecular weight excluding hydrogens is 252 g/mol. The Labute approximate surface area is 109 Å². The Morgan fingerprint density at radius 2 is 2.06 bits per heavy atom. The van der Waals surface area contributed by atoms with E-state index in [4.69, 9.17) is 5.73 Å². The second-order valence-electron chi connectivity index (χ2n) is 5.43. The Morgan fingerprint density at radius 3 is 2.72 bits per heavy atom. The number of hydrogen-bond acceptors (Lipinski definition) is 4. The van der Waals surface area contributed by atoms with Gasteiger partial charge in [0.2, 0.25) is 5.91 Å². The SMILES string of the molecule is CC(CN)C(=O)N1CCS(=O)(=O)C2CCCCC21. The Bertz CT molecular complexity index is 421. The van der Waals surface area contributed by atoms with Crippen LogP contribution in [0.15, 0.2) is 0 Å². The Kier molecular flexibility index (Phi) is 3.96. The van der Waals surface area contributed by atoms with Crippen molar-refractivity contribution < 1.29 is 13.2 Å². The summed E-state index contributed by atoms with van der Waals surface area (Å²) >= 11 is 0. The molecule has 0 radical (unpaired) electrons. The molecule has 2 aliphatic rings. The molecule has 104 valence electrons. The average Bonchev–Trinajstić information content (AvgIpc) is 2.37. The molecule has 3 unspecified atom stereocenters.